The van der Waals surface area contributed by atoms with Crippen LogP contribution in [0.1, 0.15) is 44.9 Å². The van der Waals surface area contributed by atoms with Crippen LogP contribution < -0.4 is 0 Å². The number of likely N-dealkylation sites (tertiary alicyclic amines) is 1. The Labute approximate surface area is 197 Å². The second-order valence-electron chi connectivity index (χ2n) is 8.51. The van der Waals surface area contributed by atoms with E-state index in [9.17, 15) is 19.5 Å². The van der Waals surface area contributed by atoms with E-state index in [-0.39, 0.29) is 23.6 Å². The van der Waals surface area contributed by atoms with Crippen LogP contribution in [0.5, 0.6) is 0 Å². The molecule has 0 radical (unpaired) electrons. The number of hydrogen-bond acceptors (Lipinski definition) is 8. The lowest BCUT2D eigenvalue weighted by Gasteiger charge is -2.30. The summed E-state index contributed by atoms with van der Waals surface area (Å²) >= 11 is 0. The average molecular weight is 472 g/mol. The number of furan rings is 1. The van der Waals surface area contributed by atoms with Crippen molar-refractivity contribution in [1.29, 1.82) is 0 Å². The molecule has 0 bridgehead atoms. The van der Waals surface area contributed by atoms with Crippen LogP contribution in [-0.2, 0) is 19.1 Å². The van der Waals surface area contributed by atoms with E-state index in [1.807, 2.05) is 0 Å². The van der Waals surface area contributed by atoms with Gasteiger partial charge in [-0.1, -0.05) is 0 Å². The van der Waals surface area contributed by atoms with Crippen molar-refractivity contribution in [3.63, 3.8) is 0 Å². The number of methoxy groups -OCH3 is 1. The minimum absolute atomic E-state index is 0.0667. The van der Waals surface area contributed by atoms with Gasteiger partial charge in [-0.25, -0.2) is 4.79 Å². The van der Waals surface area contributed by atoms with Crippen LogP contribution in [0.3, 0.4) is 0 Å². The van der Waals surface area contributed by atoms with Gasteiger partial charge in [-0.3, -0.25) is 14.5 Å². The molecule has 0 saturated carbocycles. The highest BCUT2D eigenvalue weighted by Crippen LogP contribution is 2.41. The van der Waals surface area contributed by atoms with Crippen molar-refractivity contribution in [3.8, 4) is 0 Å². The van der Waals surface area contributed by atoms with Crippen LogP contribution in [0.25, 0.3) is 5.76 Å². The van der Waals surface area contributed by atoms with E-state index < -0.39 is 23.7 Å². The number of aliphatic hydroxyl groups excluding tert-OH is 1. The highest BCUT2D eigenvalue weighted by molar-refractivity contribution is 6.46. The Balaban J connectivity index is 1.78. The summed E-state index contributed by atoms with van der Waals surface area (Å²) in [5, 5.41) is 11.4. The third-order valence-corrected chi connectivity index (χ3v) is 6.40. The Hall–Kier alpha value is -3.37. The van der Waals surface area contributed by atoms with Crippen LogP contribution in [0.2, 0.25) is 0 Å². The first-order valence-electron chi connectivity index (χ1n) is 11.2. The summed E-state index contributed by atoms with van der Waals surface area (Å²) in [7, 11) is 1.26. The van der Waals surface area contributed by atoms with Gasteiger partial charge in [0.1, 0.15) is 29.0 Å². The van der Waals surface area contributed by atoms with Gasteiger partial charge < -0.3 is 28.9 Å². The van der Waals surface area contributed by atoms with Gasteiger partial charge in [0.25, 0.3) is 11.7 Å². The molecule has 0 aromatic carbocycles. The average Bonchev–Trinajstić information content (AvgIpc) is 3.46. The van der Waals surface area contributed by atoms with E-state index in [1.54, 1.807) is 32.9 Å². The molecule has 4 heterocycles. The molecule has 4 rings (SSSR count). The number of H-pyrrole nitrogens is 1. The van der Waals surface area contributed by atoms with Gasteiger partial charge >= 0.3 is 5.97 Å². The molecule has 2 N–H and O–H groups in total. The Bertz CT molecular complexity index is 1150. The number of nitrogens with one attached hydrogen (secondary N) is 1. The molecular formula is C24H29N3O7. The number of carbonyl (C=O) groups excluding carboxylic acids is 3. The van der Waals surface area contributed by atoms with E-state index >= 15 is 0 Å². The summed E-state index contributed by atoms with van der Waals surface area (Å²) in [6.07, 6.45) is 0. The van der Waals surface area contributed by atoms with E-state index in [1.165, 1.54) is 12.0 Å². The normalized spacial score (nSPS) is 20.8. The summed E-state index contributed by atoms with van der Waals surface area (Å²) in [6, 6.07) is 2.57. The SMILES string of the molecule is COC(=O)c1[nH]c(C)c(C(O)=C2C(=O)C(=O)N(CCN3CCOCC3)[C@H]2c2ccc(C)o2)c1C. The molecule has 2 aromatic heterocycles. The van der Waals surface area contributed by atoms with Crippen molar-refractivity contribution < 1.29 is 33.4 Å². The number of morpholine rings is 1. The van der Waals surface area contributed by atoms with Crippen molar-refractivity contribution in [1.82, 2.24) is 14.8 Å². The van der Waals surface area contributed by atoms with Crippen molar-refractivity contribution >= 4 is 23.4 Å². The molecular weight excluding hydrogens is 442 g/mol. The molecule has 2 aliphatic rings. The van der Waals surface area contributed by atoms with Gasteiger partial charge in [0.05, 0.1) is 25.9 Å². The number of amides is 1. The number of hydrogen-bond donors (Lipinski definition) is 2. The Morgan fingerprint density at radius 1 is 1.18 bits per heavy atom. The van der Waals surface area contributed by atoms with E-state index in [4.69, 9.17) is 13.9 Å². The molecule has 2 fully saturated rings. The van der Waals surface area contributed by atoms with Gasteiger partial charge in [0, 0.05) is 37.4 Å². The molecule has 0 spiro atoms. The molecule has 0 aliphatic carbocycles. The number of ether oxygens (including phenoxy) is 2. The fraction of sp³-hybridized carbons (Fsp3) is 0.458. The number of aryl methyl sites for hydroxylation is 2. The minimum Gasteiger partial charge on any atom is -0.507 e. The number of carbonyl (C=O) groups is 3. The topological polar surface area (TPSA) is 125 Å². The maximum atomic E-state index is 13.2. The fourth-order valence-corrected chi connectivity index (χ4v) is 4.63. The Morgan fingerprint density at radius 2 is 1.88 bits per heavy atom. The number of rotatable bonds is 6. The number of ketones is 1. The lowest BCUT2D eigenvalue weighted by atomic mass is 9.97. The fourth-order valence-electron chi connectivity index (χ4n) is 4.63. The van der Waals surface area contributed by atoms with Crippen molar-refractivity contribution in [2.45, 2.75) is 26.8 Å². The molecule has 2 aromatic rings. The van der Waals surface area contributed by atoms with Crippen LogP contribution in [0.4, 0.5) is 0 Å². The second-order valence-corrected chi connectivity index (χ2v) is 8.51. The highest BCUT2D eigenvalue weighted by atomic mass is 16.5. The number of aromatic nitrogens is 1. The third kappa shape index (κ3) is 4.14. The van der Waals surface area contributed by atoms with Crippen LogP contribution >= 0.6 is 0 Å². The number of Topliss-reactive ketones (excluding diaryl/α,β-unsaturated/α-hetero) is 1. The van der Waals surface area contributed by atoms with Gasteiger partial charge in [-0.05, 0) is 38.5 Å². The zero-order valence-corrected chi connectivity index (χ0v) is 19.8. The number of aromatic amines is 1. The maximum absolute atomic E-state index is 13.2. The predicted molar refractivity (Wildman–Crippen MR) is 121 cm³/mol. The molecule has 34 heavy (non-hydrogen) atoms. The lowest BCUT2D eigenvalue weighted by Crippen LogP contribution is -2.42. The molecule has 2 saturated heterocycles. The van der Waals surface area contributed by atoms with E-state index in [2.05, 4.69) is 9.88 Å². The Kier molecular flexibility index (Phi) is 6.63. The molecule has 1 atom stereocenters. The number of aliphatic hydroxyl groups is 1. The zero-order chi connectivity index (χ0) is 24.6. The van der Waals surface area contributed by atoms with Crippen LogP contribution in [0.15, 0.2) is 22.1 Å². The van der Waals surface area contributed by atoms with E-state index in [0.29, 0.717) is 48.1 Å². The quantitative estimate of drug-likeness (QED) is 0.284. The van der Waals surface area contributed by atoms with Gasteiger partial charge in [-0.2, -0.15) is 0 Å². The van der Waals surface area contributed by atoms with Gasteiger partial charge in [0.2, 0.25) is 0 Å². The monoisotopic (exact) mass is 471 g/mol. The van der Waals surface area contributed by atoms with E-state index in [0.717, 1.165) is 13.1 Å². The van der Waals surface area contributed by atoms with Crippen molar-refractivity contribution in [3.05, 3.63) is 51.7 Å². The first kappa shape index (κ1) is 23.8. The minimum atomic E-state index is -0.884. The summed E-state index contributed by atoms with van der Waals surface area (Å²) in [4.78, 5) is 45.0. The van der Waals surface area contributed by atoms with Gasteiger partial charge in [0.15, 0.2) is 0 Å². The smallest absolute Gasteiger partial charge is 0.354 e. The standard InChI is InChI=1S/C24H29N3O7/c1-13-5-6-16(34-13)20-18(21(28)17-14(2)19(24(31)32-4)25-15(17)3)22(29)23(30)27(20)8-7-26-9-11-33-12-10-26/h5-6,20,25,28H,7-12H2,1-4H3/t20-/m0/s1. The lowest BCUT2D eigenvalue weighted by molar-refractivity contribution is -0.140. The molecule has 10 nitrogen and oxygen atoms in total. The Morgan fingerprint density at radius 3 is 2.50 bits per heavy atom. The maximum Gasteiger partial charge on any atom is 0.354 e. The number of nitrogens with zero attached hydrogens (tertiary/aromatic N) is 2. The molecule has 10 heteroatoms. The van der Waals surface area contributed by atoms with Crippen LogP contribution in [0, 0.1) is 20.8 Å². The zero-order valence-electron chi connectivity index (χ0n) is 19.8. The van der Waals surface area contributed by atoms with Crippen molar-refractivity contribution in [2.24, 2.45) is 0 Å². The summed E-state index contributed by atoms with van der Waals surface area (Å²) in [5.41, 5.74) is 1.30. The summed E-state index contributed by atoms with van der Waals surface area (Å²) in [6.45, 7) is 8.65. The summed E-state index contributed by atoms with van der Waals surface area (Å²) in [5.74, 6) is -1.43. The largest absolute Gasteiger partial charge is 0.507 e. The second kappa shape index (κ2) is 9.47. The first-order chi connectivity index (χ1) is 16.2. The number of esters is 1. The molecule has 182 valence electrons. The molecule has 2 aliphatic heterocycles. The third-order valence-electron chi connectivity index (χ3n) is 6.40. The molecule has 0 unspecified atom stereocenters. The van der Waals surface area contributed by atoms with Crippen LogP contribution in [-0.4, -0.2) is 84.1 Å². The molecule has 1 amide bonds. The summed E-state index contributed by atoms with van der Waals surface area (Å²) < 4.78 is 16.0. The van der Waals surface area contributed by atoms with Gasteiger partial charge in [-0.15, -0.1) is 0 Å². The van der Waals surface area contributed by atoms with Crippen molar-refractivity contribution in [2.75, 3.05) is 46.5 Å². The first-order valence-corrected chi connectivity index (χ1v) is 11.2. The predicted octanol–water partition coefficient (Wildman–Crippen LogP) is 2.07. The highest BCUT2D eigenvalue weighted by Gasteiger charge is 2.48.